The largest absolute Gasteiger partial charge is 0.508 e. The smallest absolute Gasteiger partial charge is 0.330 e. The third kappa shape index (κ3) is 20.8. The summed E-state index contributed by atoms with van der Waals surface area (Å²) in [4.78, 5) is 121. The zero-order valence-electron chi connectivity index (χ0n) is 66.9. The molecule has 0 unspecified atom stereocenters. The second kappa shape index (κ2) is 38.7. The Morgan fingerprint density at radius 1 is 0.645 bits per heavy atom. The van der Waals surface area contributed by atoms with E-state index in [2.05, 4.69) is 37.2 Å². The number of aromatic hydroxyl groups is 3. The van der Waals surface area contributed by atoms with E-state index in [0.29, 0.717) is 38.5 Å². The van der Waals surface area contributed by atoms with Gasteiger partial charge < -0.3 is 128 Å². The number of aliphatic carboxylic acids is 1. The van der Waals surface area contributed by atoms with Gasteiger partial charge in [0, 0.05) is 45.8 Å². The summed E-state index contributed by atoms with van der Waals surface area (Å²) < 4.78 is 40.4. The Labute approximate surface area is 696 Å². The number of aryl methyl sites for hydroxylation is 2. The maximum absolute atomic E-state index is 16.6. The molecule has 21 N–H and O–H groups in total. The number of aliphatic hydroxyl groups is 6. The van der Waals surface area contributed by atoms with Gasteiger partial charge in [-0.05, 0) is 160 Å². The van der Waals surface area contributed by atoms with E-state index in [1.54, 1.807) is 31.2 Å². The number of carbonyl (C=O) groups excluding carboxylic acids is 7. The SMILES string of the molecule is CN[C@H](CC(C)C)C(=O)N[C@H]1C(=O)N[C@@H](CC(N)=O)C(=O)N[C@H]2C(=O)N[C@H]3C(=O)N[C@H](C(=O)N[C@H](C(=O)O)c4cc(O)cc(O)c4-c4cc3ccc4O)[C@H](O)c3ccc(c(/C=C/CCCc4ccccc4)c3)Oc3cc2cc(c3O[C@@H]2O[C@H](CO)[C@@H](O)[C@H](O)[C@H]2O[C@H]2C[C@](C)(N)[C@H](O)[C@H](C)O2)Oc2ccc(cc2/C=C/CCCc2ccccc2)[C@H]1O. The highest BCUT2D eigenvalue weighted by Crippen LogP contribution is 2.50. The molecule has 7 aliphatic rings. The molecule has 0 saturated carbocycles. The molecule has 0 aromatic heterocycles. The van der Waals surface area contributed by atoms with Crippen molar-refractivity contribution in [3.8, 4) is 57.1 Å². The molecule has 7 aromatic carbocycles. The number of primary amides is 1. The van der Waals surface area contributed by atoms with Gasteiger partial charge in [0.2, 0.25) is 53.4 Å². The first-order valence-electron chi connectivity index (χ1n) is 39.8. The molecule has 2 saturated heterocycles. The molecule has 2 fully saturated rings. The fraction of sp³-hybridized carbons (Fsp3) is 0.386. The van der Waals surface area contributed by atoms with Crippen LogP contribution in [0.4, 0.5) is 0 Å². The summed E-state index contributed by atoms with van der Waals surface area (Å²) in [6, 6.07) is 20.3. The number of amides is 7. The number of phenols is 3. The lowest BCUT2D eigenvalue weighted by atomic mass is 9.86. The second-order valence-corrected chi connectivity index (χ2v) is 31.5. The van der Waals surface area contributed by atoms with Crippen molar-refractivity contribution in [2.75, 3.05) is 13.7 Å². The molecule has 11 bridgehead atoms. The number of carboxylic acids is 1. The van der Waals surface area contributed by atoms with Crippen molar-refractivity contribution in [1.29, 1.82) is 0 Å². The van der Waals surface area contributed by atoms with Crippen molar-refractivity contribution in [2.45, 2.75) is 195 Å². The van der Waals surface area contributed by atoms with Crippen LogP contribution in [-0.2, 0) is 65.4 Å². The highest BCUT2D eigenvalue weighted by atomic mass is 16.8. The quantitative estimate of drug-likeness (QED) is 0.0380. The number of likely N-dealkylation sites (N-methyl/N-ethyl adjacent to an activating group) is 1. The minimum absolute atomic E-state index is 0.0373. The molecular weight excluding hydrogens is 1570 g/mol. The number of unbranched alkanes of at least 4 members (excludes halogenated alkanes) is 2. The van der Waals surface area contributed by atoms with Crippen LogP contribution in [0.3, 0.4) is 0 Å². The standard InChI is InChI=1S/C88H101N9O24/c1-43(2)32-56(91-5)80(108)96-71-73(103)50-27-30-60(47(33-50)24-16-8-14-22-45-18-10-6-11-19-45)117-62-36-52-37-63(77(62)121-87-78(76(106)75(105)64(42-98)119-87)120-66-41-88(4,90)79(107)44(3)116-66)118-61-31-28-51(34-48(61)25-17-9-15-23-46-20-12-7-13-21-46)74(104)72-85(113)95-70(86(114)115)55-38-53(99)39-59(101)67(55)54-35-49(26-29-58(54)100)68(82(110)97-72)94-83(111)69(52)93-81(109)57(40-65(89)102)92-84(71)112/h6-7,10-13,16-21,24-31,33-39,43-44,56-57,64,66,68-76,78-79,87,91,98-101,103-107H,8-9,14-15,22-23,32,40-42,90H2,1-5H3,(H2,89,102)(H,92,112)(H,93,109)(H,94,111)(H,95,113)(H,96,108)(H,97,110)(H,114,115)/b24-16+,25-17+/t44-,56+,57-,64+,66-,68+,69+,70-,71+,72-,73+,74+,75+,76-,78+,79+,87-,88-/m0/s1. The molecule has 0 spiro atoms. The molecule has 7 amide bonds. The number of nitrogens with two attached hydrogens (primary N) is 2. The van der Waals surface area contributed by atoms with Crippen LogP contribution in [0.15, 0.2) is 152 Å². The summed E-state index contributed by atoms with van der Waals surface area (Å²) >= 11 is 0. The lowest BCUT2D eigenvalue weighted by Crippen LogP contribution is -2.64. The number of carbonyl (C=O) groups is 8. The van der Waals surface area contributed by atoms with Crippen molar-refractivity contribution in [1.82, 2.24) is 37.2 Å². The van der Waals surface area contributed by atoms with E-state index in [1.165, 1.54) is 50.4 Å². The van der Waals surface area contributed by atoms with Crippen LogP contribution in [0.2, 0.25) is 0 Å². The Kier molecular flexibility index (Phi) is 28.3. The maximum atomic E-state index is 16.6. The fourth-order valence-corrected chi connectivity index (χ4v) is 15.4. The van der Waals surface area contributed by atoms with Crippen molar-refractivity contribution < 1.29 is 118 Å². The van der Waals surface area contributed by atoms with Gasteiger partial charge >= 0.3 is 5.97 Å². The third-order valence-electron chi connectivity index (χ3n) is 21.9. The van der Waals surface area contributed by atoms with E-state index in [4.69, 9.17) is 39.9 Å². The molecule has 7 aromatic rings. The maximum Gasteiger partial charge on any atom is 0.330 e. The molecule has 18 atom stereocenters. The molecule has 121 heavy (non-hydrogen) atoms. The van der Waals surface area contributed by atoms with Crippen molar-refractivity contribution >= 4 is 59.5 Å². The average Bonchev–Trinajstić information content (AvgIpc) is 0.763. The number of nitrogens with one attached hydrogen (secondary N) is 7. The Hall–Kier alpha value is -11.9. The van der Waals surface area contributed by atoms with Gasteiger partial charge in [-0.15, -0.1) is 0 Å². The van der Waals surface area contributed by atoms with Crippen LogP contribution in [0.25, 0.3) is 23.3 Å². The number of phenolic OH excluding ortho intramolecular Hbond substituents is 3. The molecule has 33 nitrogen and oxygen atoms in total. The van der Waals surface area contributed by atoms with Gasteiger partial charge in [-0.25, -0.2) is 4.79 Å². The average molecular weight is 1670 g/mol. The lowest BCUT2D eigenvalue weighted by molar-refractivity contribution is -0.333. The van der Waals surface area contributed by atoms with Gasteiger partial charge in [0.1, 0.15) is 89.5 Å². The van der Waals surface area contributed by atoms with Crippen LogP contribution in [0.1, 0.15) is 153 Å². The van der Waals surface area contributed by atoms with Crippen molar-refractivity contribution in [2.24, 2.45) is 17.4 Å². The molecule has 7 heterocycles. The Morgan fingerprint density at radius 2 is 1.22 bits per heavy atom. The normalized spacial score (nSPS) is 26.6. The molecule has 642 valence electrons. The number of ether oxygens (including phenoxy) is 6. The summed E-state index contributed by atoms with van der Waals surface area (Å²) in [6.45, 7) is 5.80. The molecule has 0 aliphatic carbocycles. The summed E-state index contributed by atoms with van der Waals surface area (Å²) in [5.74, 6) is -14.9. The summed E-state index contributed by atoms with van der Waals surface area (Å²) in [6.07, 6.45) is -8.50. The monoisotopic (exact) mass is 1670 g/mol. The molecule has 33 heteroatoms. The Morgan fingerprint density at radius 3 is 1.79 bits per heavy atom. The summed E-state index contributed by atoms with van der Waals surface area (Å²) in [5, 5.41) is 136. The molecular formula is C88H101N9O24. The Bertz CT molecular complexity index is 5030. The van der Waals surface area contributed by atoms with E-state index in [0.717, 1.165) is 53.6 Å². The summed E-state index contributed by atoms with van der Waals surface area (Å²) in [5.41, 5.74) is 11.0. The van der Waals surface area contributed by atoms with Crippen molar-refractivity contribution in [3.63, 3.8) is 0 Å². The van der Waals surface area contributed by atoms with E-state index >= 15 is 24.0 Å². The number of aliphatic hydroxyl groups excluding tert-OH is 6. The van der Waals surface area contributed by atoms with Crippen LogP contribution < -0.4 is 62.9 Å². The third-order valence-corrected chi connectivity index (χ3v) is 21.9. The van der Waals surface area contributed by atoms with Crippen LogP contribution in [0, 0.1) is 5.92 Å². The first-order valence-corrected chi connectivity index (χ1v) is 39.8. The van der Waals surface area contributed by atoms with Gasteiger partial charge in [0.05, 0.1) is 31.3 Å². The number of hydrogen-bond donors (Lipinski definition) is 19. The molecule has 7 aliphatic heterocycles. The molecule has 14 rings (SSSR count). The predicted octanol–water partition coefficient (Wildman–Crippen LogP) is 4.87. The van der Waals surface area contributed by atoms with E-state index in [-0.39, 0.29) is 58.1 Å². The van der Waals surface area contributed by atoms with Gasteiger partial charge in [0.15, 0.2) is 29.9 Å². The van der Waals surface area contributed by atoms with Crippen LogP contribution in [-0.4, -0.2) is 191 Å². The minimum atomic E-state index is -2.34. The number of carboxylic acid groups (broad SMARTS) is 1. The van der Waals surface area contributed by atoms with E-state index < -0.39 is 226 Å². The number of allylic oxidation sites excluding steroid dienone is 2. The first-order chi connectivity index (χ1) is 57.8. The topological polar surface area (TPSA) is 530 Å². The number of benzene rings is 7. The minimum Gasteiger partial charge on any atom is -0.508 e. The van der Waals surface area contributed by atoms with Gasteiger partial charge in [0.25, 0.3) is 0 Å². The predicted molar refractivity (Wildman–Crippen MR) is 436 cm³/mol. The highest BCUT2D eigenvalue weighted by molar-refractivity contribution is 6.00. The van der Waals surface area contributed by atoms with Crippen LogP contribution in [0.5, 0.6) is 46.0 Å². The van der Waals surface area contributed by atoms with Gasteiger partial charge in [-0.3, -0.25) is 33.6 Å². The van der Waals surface area contributed by atoms with Crippen molar-refractivity contribution in [3.05, 3.63) is 202 Å². The number of hydrogen-bond acceptors (Lipinski definition) is 25. The van der Waals surface area contributed by atoms with Crippen LogP contribution >= 0.6 is 0 Å². The first kappa shape index (κ1) is 88.4. The van der Waals surface area contributed by atoms with Gasteiger partial charge in [-0.1, -0.05) is 117 Å². The van der Waals surface area contributed by atoms with Gasteiger partial charge in [-0.2, -0.15) is 0 Å². The highest BCUT2D eigenvalue weighted by Gasteiger charge is 2.52. The number of rotatable bonds is 23. The van der Waals surface area contributed by atoms with E-state index in [1.807, 2.05) is 74.5 Å². The second-order valence-electron chi connectivity index (χ2n) is 31.5. The lowest BCUT2D eigenvalue weighted by Gasteiger charge is -2.47. The zero-order valence-corrected chi connectivity index (χ0v) is 66.9. The summed E-state index contributed by atoms with van der Waals surface area (Å²) in [7, 11) is 1.51. The Balaban J connectivity index is 1.15. The number of fused-ring (bicyclic) bond motifs is 15. The molecule has 0 radical (unpaired) electrons. The fourth-order valence-electron chi connectivity index (χ4n) is 15.4. The zero-order chi connectivity index (χ0) is 86.8. The van der Waals surface area contributed by atoms with E-state index in [9.17, 15) is 65.4 Å².